The lowest BCUT2D eigenvalue weighted by Crippen LogP contribution is -2.30. The van der Waals surface area contributed by atoms with Crippen LogP contribution >= 0.6 is 22.6 Å². The molecule has 1 aliphatic heterocycles. The van der Waals surface area contributed by atoms with Crippen LogP contribution in [-0.4, -0.2) is 37.0 Å². The van der Waals surface area contributed by atoms with E-state index in [4.69, 9.17) is 0 Å². The molecule has 1 heterocycles. The number of nitrogens with one attached hydrogen (secondary N) is 1. The molecule has 0 saturated carbocycles. The number of rotatable bonds is 7. The van der Waals surface area contributed by atoms with Gasteiger partial charge in [0.1, 0.15) is 0 Å². The van der Waals surface area contributed by atoms with E-state index in [-0.39, 0.29) is 5.91 Å². The average Bonchev–Trinajstić information content (AvgIpc) is 2.52. The Morgan fingerprint density at radius 1 is 1.05 bits per heavy atom. The van der Waals surface area contributed by atoms with Crippen LogP contribution in [0.25, 0.3) is 0 Å². The van der Waals surface area contributed by atoms with Crippen LogP contribution in [-0.2, 0) is 0 Å². The lowest BCUT2D eigenvalue weighted by molar-refractivity contribution is 0.0953. The first-order valence-corrected chi connectivity index (χ1v) is 9.10. The van der Waals surface area contributed by atoms with Crippen LogP contribution in [0.3, 0.4) is 0 Å². The molecule has 1 aromatic carbocycles. The van der Waals surface area contributed by atoms with E-state index in [9.17, 15) is 4.79 Å². The summed E-state index contributed by atoms with van der Waals surface area (Å²) >= 11 is 2.25. The van der Waals surface area contributed by atoms with Crippen LogP contribution in [0, 0.1) is 3.57 Å². The number of hydrogen-bond acceptors (Lipinski definition) is 2. The van der Waals surface area contributed by atoms with Crippen molar-refractivity contribution in [1.82, 2.24) is 10.2 Å². The molecular formula is C17H25IN2O. The van der Waals surface area contributed by atoms with Gasteiger partial charge in [0.25, 0.3) is 5.91 Å². The van der Waals surface area contributed by atoms with E-state index in [1.807, 2.05) is 24.3 Å². The summed E-state index contributed by atoms with van der Waals surface area (Å²) in [4.78, 5) is 14.5. The third kappa shape index (κ3) is 6.34. The Labute approximate surface area is 141 Å². The summed E-state index contributed by atoms with van der Waals surface area (Å²) in [5.74, 6) is 0.0439. The maximum Gasteiger partial charge on any atom is 0.251 e. The maximum atomic E-state index is 11.9. The molecular weight excluding hydrogens is 375 g/mol. The molecule has 2 rings (SSSR count). The van der Waals surface area contributed by atoms with Crippen LogP contribution in [0.2, 0.25) is 0 Å². The molecule has 1 fully saturated rings. The third-order valence-corrected chi connectivity index (χ3v) is 4.71. The summed E-state index contributed by atoms with van der Waals surface area (Å²) in [5.41, 5.74) is 0.753. The van der Waals surface area contributed by atoms with Crippen molar-refractivity contribution < 1.29 is 4.79 Å². The van der Waals surface area contributed by atoms with Gasteiger partial charge in [0.05, 0.1) is 0 Å². The first-order valence-electron chi connectivity index (χ1n) is 8.02. The molecule has 1 aliphatic rings. The number of nitrogens with zero attached hydrogens (tertiary/aromatic N) is 1. The molecule has 0 bridgehead atoms. The zero-order valence-electron chi connectivity index (χ0n) is 12.6. The predicted octanol–water partition coefficient (Wildman–Crippen LogP) is 3.68. The summed E-state index contributed by atoms with van der Waals surface area (Å²) in [6, 6.07) is 7.70. The second-order valence-electron chi connectivity index (χ2n) is 5.73. The van der Waals surface area contributed by atoms with Crippen molar-refractivity contribution in [3.8, 4) is 0 Å². The summed E-state index contributed by atoms with van der Waals surface area (Å²) in [6.45, 7) is 4.57. The van der Waals surface area contributed by atoms with Crippen molar-refractivity contribution in [1.29, 1.82) is 0 Å². The number of benzene rings is 1. The van der Waals surface area contributed by atoms with Gasteiger partial charge in [-0.2, -0.15) is 0 Å². The molecule has 0 atom stereocenters. The Hall–Kier alpha value is -0.620. The molecule has 0 radical (unpaired) electrons. The van der Waals surface area contributed by atoms with Crippen LogP contribution in [0.15, 0.2) is 24.3 Å². The first-order chi connectivity index (χ1) is 10.3. The summed E-state index contributed by atoms with van der Waals surface area (Å²) < 4.78 is 1.15. The minimum absolute atomic E-state index is 0.0439. The lowest BCUT2D eigenvalue weighted by atomic mass is 10.1. The van der Waals surface area contributed by atoms with Gasteiger partial charge in [-0.05, 0) is 92.2 Å². The number of halogens is 1. The van der Waals surface area contributed by atoms with Crippen LogP contribution in [0.5, 0.6) is 0 Å². The number of hydrogen-bond donors (Lipinski definition) is 1. The van der Waals surface area contributed by atoms with Crippen molar-refractivity contribution in [2.24, 2.45) is 0 Å². The second-order valence-corrected chi connectivity index (χ2v) is 6.97. The molecule has 0 unspecified atom stereocenters. The smallest absolute Gasteiger partial charge is 0.251 e. The number of likely N-dealkylation sites (tertiary alicyclic amines) is 1. The fourth-order valence-corrected chi connectivity index (χ4v) is 3.09. The van der Waals surface area contributed by atoms with Gasteiger partial charge < -0.3 is 10.2 Å². The van der Waals surface area contributed by atoms with Gasteiger partial charge in [0.2, 0.25) is 0 Å². The molecule has 4 heteroatoms. The van der Waals surface area contributed by atoms with Gasteiger partial charge in [-0.25, -0.2) is 0 Å². The Bertz CT molecular complexity index is 427. The first kappa shape index (κ1) is 16.7. The molecule has 0 spiro atoms. The minimum atomic E-state index is 0.0439. The van der Waals surface area contributed by atoms with E-state index in [1.54, 1.807) is 0 Å². The summed E-state index contributed by atoms with van der Waals surface area (Å²) in [5, 5.41) is 3.00. The fourth-order valence-electron chi connectivity index (χ4n) is 2.73. The van der Waals surface area contributed by atoms with Gasteiger partial charge in [0.15, 0.2) is 0 Å². The van der Waals surface area contributed by atoms with E-state index in [0.717, 1.165) is 22.1 Å². The molecule has 3 nitrogen and oxygen atoms in total. The molecule has 0 aromatic heterocycles. The van der Waals surface area contributed by atoms with Crippen LogP contribution in [0.1, 0.15) is 48.9 Å². The number of amides is 1. The number of carbonyl (C=O) groups excluding carboxylic acids is 1. The van der Waals surface area contributed by atoms with Gasteiger partial charge >= 0.3 is 0 Å². The Morgan fingerprint density at radius 2 is 1.76 bits per heavy atom. The highest BCUT2D eigenvalue weighted by Crippen LogP contribution is 2.10. The molecule has 116 valence electrons. The Balaban J connectivity index is 1.53. The number of piperidine rings is 1. The SMILES string of the molecule is O=C(NCCCCCN1CCCCC1)c1ccc(I)cc1. The van der Waals surface area contributed by atoms with Gasteiger partial charge in [-0.1, -0.05) is 12.8 Å². The van der Waals surface area contributed by atoms with Crippen LogP contribution in [0.4, 0.5) is 0 Å². The third-order valence-electron chi connectivity index (χ3n) is 3.99. The second kappa shape index (κ2) is 9.41. The zero-order chi connectivity index (χ0) is 14.9. The highest BCUT2D eigenvalue weighted by atomic mass is 127. The van der Waals surface area contributed by atoms with E-state index in [2.05, 4.69) is 32.8 Å². The molecule has 1 aromatic rings. The number of unbranched alkanes of at least 4 members (excludes halogenated alkanes) is 2. The highest BCUT2D eigenvalue weighted by molar-refractivity contribution is 14.1. The van der Waals surface area contributed by atoms with E-state index in [1.165, 1.54) is 51.7 Å². The van der Waals surface area contributed by atoms with Crippen molar-refractivity contribution in [3.05, 3.63) is 33.4 Å². The largest absolute Gasteiger partial charge is 0.352 e. The lowest BCUT2D eigenvalue weighted by Gasteiger charge is -2.26. The highest BCUT2D eigenvalue weighted by Gasteiger charge is 2.09. The molecule has 1 N–H and O–H groups in total. The van der Waals surface area contributed by atoms with Gasteiger partial charge in [0, 0.05) is 15.7 Å². The normalized spacial score (nSPS) is 15.9. The molecule has 1 saturated heterocycles. The van der Waals surface area contributed by atoms with Crippen molar-refractivity contribution >= 4 is 28.5 Å². The monoisotopic (exact) mass is 400 g/mol. The minimum Gasteiger partial charge on any atom is -0.352 e. The maximum absolute atomic E-state index is 11.9. The van der Waals surface area contributed by atoms with E-state index >= 15 is 0 Å². The Morgan fingerprint density at radius 3 is 2.48 bits per heavy atom. The standard InChI is InChI=1S/C17H25IN2O/c18-16-9-7-15(8-10-16)17(21)19-11-3-1-4-12-20-13-5-2-6-14-20/h7-10H,1-6,11-14H2,(H,19,21). The van der Waals surface area contributed by atoms with Gasteiger partial charge in [-0.3, -0.25) is 4.79 Å². The van der Waals surface area contributed by atoms with Gasteiger partial charge in [-0.15, -0.1) is 0 Å². The molecule has 1 amide bonds. The average molecular weight is 400 g/mol. The molecule has 0 aliphatic carbocycles. The zero-order valence-corrected chi connectivity index (χ0v) is 14.8. The fraction of sp³-hybridized carbons (Fsp3) is 0.588. The van der Waals surface area contributed by atoms with Crippen molar-refractivity contribution in [2.45, 2.75) is 38.5 Å². The number of carbonyl (C=O) groups is 1. The molecule has 21 heavy (non-hydrogen) atoms. The topological polar surface area (TPSA) is 32.3 Å². The van der Waals surface area contributed by atoms with E-state index < -0.39 is 0 Å². The summed E-state index contributed by atoms with van der Waals surface area (Å²) in [6.07, 6.45) is 7.66. The summed E-state index contributed by atoms with van der Waals surface area (Å²) in [7, 11) is 0. The van der Waals surface area contributed by atoms with E-state index in [0.29, 0.717) is 0 Å². The van der Waals surface area contributed by atoms with Crippen molar-refractivity contribution in [2.75, 3.05) is 26.2 Å². The quantitative estimate of drug-likeness (QED) is 0.560. The Kier molecular flexibility index (Phi) is 7.50. The van der Waals surface area contributed by atoms with Crippen LogP contribution < -0.4 is 5.32 Å². The van der Waals surface area contributed by atoms with Crippen molar-refractivity contribution in [3.63, 3.8) is 0 Å². The predicted molar refractivity (Wildman–Crippen MR) is 95.6 cm³/mol.